The highest BCUT2D eigenvalue weighted by Gasteiger charge is 2.20. The zero-order chi connectivity index (χ0) is 32.2. The van der Waals surface area contributed by atoms with Gasteiger partial charge in [-0.3, -0.25) is 0 Å². The Hall–Kier alpha value is -6.88. The van der Waals surface area contributed by atoms with Crippen molar-refractivity contribution in [3.8, 4) is 45.8 Å². The number of nitriles is 2. The zero-order valence-electron chi connectivity index (χ0n) is 25.8. The maximum atomic E-state index is 9.99. The van der Waals surface area contributed by atoms with E-state index in [1.54, 1.807) is 0 Å². The second kappa shape index (κ2) is 10.9. The van der Waals surface area contributed by atoms with Crippen LogP contribution < -0.4 is 0 Å². The summed E-state index contributed by atoms with van der Waals surface area (Å²) in [5.74, 6) is 0. The molecule has 9 aromatic rings. The van der Waals surface area contributed by atoms with Crippen LogP contribution in [0.5, 0.6) is 0 Å². The van der Waals surface area contributed by atoms with Crippen LogP contribution in [0, 0.1) is 22.7 Å². The summed E-state index contributed by atoms with van der Waals surface area (Å²) in [4.78, 5) is 0. The Morgan fingerprint density at radius 2 is 1.06 bits per heavy atom. The van der Waals surface area contributed by atoms with Crippen LogP contribution in [0.25, 0.3) is 77.2 Å². The van der Waals surface area contributed by atoms with Crippen LogP contribution in [-0.4, -0.2) is 9.13 Å². The smallest absolute Gasteiger partial charge is 0.101 e. The van der Waals surface area contributed by atoms with E-state index in [9.17, 15) is 10.5 Å². The molecule has 0 bridgehead atoms. The molecule has 0 amide bonds. The van der Waals surface area contributed by atoms with E-state index < -0.39 is 0 Å². The molecular weight excluding hydrogens is 585 g/mol. The topological polar surface area (TPSA) is 57.4 Å². The van der Waals surface area contributed by atoms with Gasteiger partial charge in [0, 0.05) is 32.8 Å². The molecule has 0 saturated carbocycles. The van der Waals surface area contributed by atoms with E-state index in [1.165, 1.54) is 5.39 Å². The highest BCUT2D eigenvalue weighted by Crippen LogP contribution is 2.42. The van der Waals surface area contributed by atoms with E-state index >= 15 is 0 Å². The van der Waals surface area contributed by atoms with Crippen molar-refractivity contribution >= 4 is 43.6 Å². The zero-order valence-corrected chi connectivity index (χ0v) is 25.8. The third-order valence-corrected chi connectivity index (χ3v) is 9.38. The number of aromatic nitrogens is 2. The third kappa shape index (κ3) is 4.07. The van der Waals surface area contributed by atoms with Crippen LogP contribution in [0.1, 0.15) is 11.1 Å². The number of rotatable bonds is 4. The summed E-state index contributed by atoms with van der Waals surface area (Å²) in [5.41, 5.74) is 11.9. The lowest BCUT2D eigenvalue weighted by atomic mass is 9.95. The molecule has 0 aliphatic heterocycles. The summed E-state index contributed by atoms with van der Waals surface area (Å²) >= 11 is 0. The molecule has 0 atom stereocenters. The van der Waals surface area contributed by atoms with Crippen molar-refractivity contribution in [2.24, 2.45) is 0 Å². The lowest BCUT2D eigenvalue weighted by molar-refractivity contribution is 1.17. The largest absolute Gasteiger partial charge is 0.309 e. The van der Waals surface area contributed by atoms with Crippen molar-refractivity contribution in [1.82, 2.24) is 9.13 Å². The van der Waals surface area contributed by atoms with E-state index in [2.05, 4.69) is 137 Å². The van der Waals surface area contributed by atoms with Gasteiger partial charge in [0.1, 0.15) is 6.07 Å². The van der Waals surface area contributed by atoms with Crippen molar-refractivity contribution < 1.29 is 0 Å². The Balaban J connectivity index is 1.31. The quantitative estimate of drug-likeness (QED) is 0.199. The van der Waals surface area contributed by atoms with Gasteiger partial charge in [0.05, 0.1) is 45.0 Å². The third-order valence-electron chi connectivity index (χ3n) is 9.38. The van der Waals surface area contributed by atoms with Gasteiger partial charge in [-0.05, 0) is 71.3 Å². The molecule has 222 valence electrons. The van der Waals surface area contributed by atoms with Crippen LogP contribution in [0.15, 0.2) is 158 Å². The van der Waals surface area contributed by atoms with Crippen LogP contribution in [-0.2, 0) is 0 Å². The summed E-state index contributed by atoms with van der Waals surface area (Å²) in [6, 6.07) is 59.0. The van der Waals surface area contributed by atoms with Crippen molar-refractivity contribution in [2.45, 2.75) is 0 Å². The van der Waals surface area contributed by atoms with Gasteiger partial charge in [0.2, 0.25) is 0 Å². The molecule has 2 heterocycles. The van der Waals surface area contributed by atoms with Gasteiger partial charge in [-0.15, -0.1) is 0 Å². The Bertz CT molecular complexity index is 2820. The maximum Gasteiger partial charge on any atom is 0.101 e. The average molecular weight is 611 g/mol. The molecule has 0 saturated heterocycles. The minimum atomic E-state index is 0.627. The minimum Gasteiger partial charge on any atom is -0.309 e. The Labute approximate surface area is 277 Å². The molecule has 0 aliphatic carbocycles. The Morgan fingerprint density at radius 1 is 0.438 bits per heavy atom. The van der Waals surface area contributed by atoms with E-state index in [-0.39, 0.29) is 0 Å². The van der Waals surface area contributed by atoms with Gasteiger partial charge in [0.15, 0.2) is 0 Å². The Kier molecular flexibility index (Phi) is 6.22. The number of fused-ring (bicyclic) bond motifs is 6. The molecule has 9 rings (SSSR count). The molecule has 4 heteroatoms. The molecule has 0 unspecified atom stereocenters. The van der Waals surface area contributed by atoms with Gasteiger partial charge in [-0.25, -0.2) is 0 Å². The molecule has 7 aromatic carbocycles. The van der Waals surface area contributed by atoms with Gasteiger partial charge < -0.3 is 9.13 Å². The molecule has 0 fully saturated rings. The minimum absolute atomic E-state index is 0.627. The normalized spacial score (nSPS) is 11.3. The number of benzene rings is 7. The lowest BCUT2D eigenvalue weighted by Gasteiger charge is -2.13. The van der Waals surface area contributed by atoms with E-state index in [0.29, 0.717) is 11.1 Å². The van der Waals surface area contributed by atoms with Crippen LogP contribution in [0.3, 0.4) is 0 Å². The van der Waals surface area contributed by atoms with Crippen molar-refractivity contribution in [1.29, 1.82) is 10.5 Å². The summed E-state index contributed by atoms with van der Waals surface area (Å²) < 4.78 is 4.50. The Morgan fingerprint density at radius 3 is 1.90 bits per heavy atom. The molecule has 2 aromatic heterocycles. The fourth-order valence-corrected chi connectivity index (χ4v) is 7.37. The monoisotopic (exact) mass is 610 g/mol. The molecule has 4 nitrogen and oxygen atoms in total. The first-order chi connectivity index (χ1) is 23.7. The predicted molar refractivity (Wildman–Crippen MR) is 195 cm³/mol. The first-order valence-corrected chi connectivity index (χ1v) is 15.9. The van der Waals surface area contributed by atoms with E-state index in [1.807, 2.05) is 42.5 Å². The van der Waals surface area contributed by atoms with Crippen molar-refractivity contribution in [3.63, 3.8) is 0 Å². The van der Waals surface area contributed by atoms with Gasteiger partial charge in [-0.2, -0.15) is 10.5 Å². The average Bonchev–Trinajstić information content (AvgIpc) is 3.68. The van der Waals surface area contributed by atoms with Gasteiger partial charge in [0.25, 0.3) is 0 Å². The fourth-order valence-electron chi connectivity index (χ4n) is 7.37. The summed E-state index contributed by atoms with van der Waals surface area (Å²) in [6.07, 6.45) is 0. The molecule has 0 spiro atoms. The standard InChI is InChI=1S/C44H26N4/c45-27-29-11-7-15-33(25-29)47-40-22-5-2-16-36(40)37-20-9-19-35(44(37)47)31-14-8-13-30(26-31)34-18-10-24-42-43(34)38-17-3-6-23-41(38)48(42)39-21-4-1-12-32(39)28-46/h1-26H. The number of para-hydroxylation sites is 4. The van der Waals surface area contributed by atoms with Crippen molar-refractivity contribution in [2.75, 3.05) is 0 Å². The summed E-state index contributed by atoms with van der Waals surface area (Å²) in [5, 5.41) is 24.3. The van der Waals surface area contributed by atoms with Crippen LogP contribution in [0.4, 0.5) is 0 Å². The number of nitrogens with zero attached hydrogens (tertiary/aromatic N) is 4. The maximum absolute atomic E-state index is 9.99. The lowest BCUT2D eigenvalue weighted by Crippen LogP contribution is -1.97. The second-order valence-corrected chi connectivity index (χ2v) is 12.0. The van der Waals surface area contributed by atoms with Crippen molar-refractivity contribution in [3.05, 3.63) is 169 Å². The molecule has 48 heavy (non-hydrogen) atoms. The first-order valence-electron chi connectivity index (χ1n) is 15.9. The highest BCUT2D eigenvalue weighted by atomic mass is 15.0. The van der Waals surface area contributed by atoms with E-state index in [4.69, 9.17) is 0 Å². The second-order valence-electron chi connectivity index (χ2n) is 12.0. The summed E-state index contributed by atoms with van der Waals surface area (Å²) in [7, 11) is 0. The summed E-state index contributed by atoms with van der Waals surface area (Å²) in [6.45, 7) is 0. The highest BCUT2D eigenvalue weighted by molar-refractivity contribution is 6.17. The van der Waals surface area contributed by atoms with Gasteiger partial charge in [-0.1, -0.05) is 103 Å². The first kappa shape index (κ1) is 27.4. The fraction of sp³-hybridized carbons (Fsp3) is 0. The molecule has 0 aliphatic rings. The molecule has 0 N–H and O–H groups in total. The SMILES string of the molecule is N#Cc1cccc(-n2c3ccccc3c3cccc(-c4cccc(-c5cccc6c5c5ccccc5n6-c5ccccc5C#N)c4)c32)c1. The number of hydrogen-bond donors (Lipinski definition) is 0. The predicted octanol–water partition coefficient (Wildman–Crippen LogP) is 11.0. The number of hydrogen-bond acceptors (Lipinski definition) is 2. The molecule has 0 radical (unpaired) electrons. The van der Waals surface area contributed by atoms with E-state index in [0.717, 1.165) is 71.9 Å². The van der Waals surface area contributed by atoms with Crippen LogP contribution in [0.2, 0.25) is 0 Å². The van der Waals surface area contributed by atoms with Gasteiger partial charge >= 0.3 is 0 Å². The molecular formula is C44H26N4. The van der Waals surface area contributed by atoms with Crippen LogP contribution >= 0.6 is 0 Å².